The van der Waals surface area contributed by atoms with Gasteiger partial charge in [-0.05, 0) is 31.1 Å². The number of hydrogen-bond donors (Lipinski definition) is 2. The number of nitrogens with zero attached hydrogens (tertiary/aromatic N) is 2. The van der Waals surface area contributed by atoms with E-state index in [2.05, 4.69) is 22.2 Å². The van der Waals surface area contributed by atoms with E-state index < -0.39 is 0 Å². The summed E-state index contributed by atoms with van der Waals surface area (Å²) in [7, 11) is 0. The smallest absolute Gasteiger partial charge is 0.136 e. The third kappa shape index (κ3) is 3.17. The number of hydrogen-bond acceptors (Lipinski definition) is 4. The Morgan fingerprint density at radius 3 is 2.68 bits per heavy atom. The highest BCUT2D eigenvalue weighted by molar-refractivity contribution is 5.45. The number of anilines is 2. The van der Waals surface area contributed by atoms with E-state index in [4.69, 9.17) is 5.73 Å². The molecule has 0 unspecified atom stereocenters. The summed E-state index contributed by atoms with van der Waals surface area (Å²) in [6, 6.07) is 1.86. The Labute approximate surface area is 115 Å². The molecular weight excluding hydrogens is 236 g/mol. The second-order valence-corrected chi connectivity index (χ2v) is 6.54. The van der Waals surface area contributed by atoms with Crippen LogP contribution >= 0.6 is 0 Å². The van der Waals surface area contributed by atoms with Gasteiger partial charge in [0.2, 0.25) is 0 Å². The average molecular weight is 260 g/mol. The second-order valence-electron chi connectivity index (χ2n) is 6.54. The maximum atomic E-state index is 5.88. The highest BCUT2D eigenvalue weighted by atomic mass is 15.1. The third-order valence-corrected chi connectivity index (χ3v) is 4.46. The minimum Gasteiger partial charge on any atom is -0.384 e. The highest BCUT2D eigenvalue weighted by Crippen LogP contribution is 2.39. The number of aromatic nitrogens is 2. The lowest BCUT2D eigenvalue weighted by atomic mass is 9.76. The molecule has 1 heterocycles. The van der Waals surface area contributed by atoms with E-state index in [9.17, 15) is 0 Å². The Hall–Kier alpha value is -1.32. The Morgan fingerprint density at radius 2 is 2.00 bits per heavy atom. The van der Waals surface area contributed by atoms with Crippen molar-refractivity contribution < 1.29 is 0 Å². The molecule has 3 N–H and O–H groups in total. The Morgan fingerprint density at radius 1 is 1.26 bits per heavy atom. The van der Waals surface area contributed by atoms with Crippen molar-refractivity contribution in [3.05, 3.63) is 11.9 Å². The molecule has 19 heavy (non-hydrogen) atoms. The van der Waals surface area contributed by atoms with Gasteiger partial charge in [0.1, 0.15) is 17.5 Å². The van der Waals surface area contributed by atoms with Gasteiger partial charge in [-0.2, -0.15) is 0 Å². The van der Waals surface area contributed by atoms with Gasteiger partial charge in [-0.25, -0.2) is 9.97 Å². The molecule has 0 amide bonds. The predicted octanol–water partition coefficient (Wildman–Crippen LogP) is 3.32. The van der Waals surface area contributed by atoms with Crippen molar-refractivity contribution in [2.75, 3.05) is 17.6 Å². The average Bonchev–Trinajstić information content (AvgIpc) is 3.21. The molecule has 2 aliphatic rings. The molecule has 3 rings (SSSR count). The van der Waals surface area contributed by atoms with Crippen molar-refractivity contribution >= 4 is 11.6 Å². The van der Waals surface area contributed by atoms with Crippen LogP contribution in [0.2, 0.25) is 0 Å². The molecular formula is C15H24N4. The minimum absolute atomic E-state index is 0.414. The molecule has 0 radical (unpaired) electrons. The lowest BCUT2D eigenvalue weighted by molar-refractivity contribution is 0.233. The quantitative estimate of drug-likeness (QED) is 0.871. The summed E-state index contributed by atoms with van der Waals surface area (Å²) in [6.45, 7) is 3.37. The van der Waals surface area contributed by atoms with Crippen LogP contribution in [0, 0.1) is 5.41 Å². The summed E-state index contributed by atoms with van der Waals surface area (Å²) in [5, 5.41) is 3.49. The maximum Gasteiger partial charge on any atom is 0.136 e. The van der Waals surface area contributed by atoms with E-state index in [-0.39, 0.29) is 0 Å². The summed E-state index contributed by atoms with van der Waals surface area (Å²) in [5.74, 6) is 2.97. The fourth-order valence-corrected chi connectivity index (χ4v) is 2.99. The topological polar surface area (TPSA) is 63.8 Å². The van der Waals surface area contributed by atoms with Crippen LogP contribution in [0.25, 0.3) is 0 Å². The van der Waals surface area contributed by atoms with E-state index in [0.29, 0.717) is 17.2 Å². The molecule has 0 aliphatic heterocycles. The van der Waals surface area contributed by atoms with Gasteiger partial charge in [0.05, 0.1) is 0 Å². The van der Waals surface area contributed by atoms with Crippen LogP contribution in [0.5, 0.6) is 0 Å². The molecule has 4 nitrogen and oxygen atoms in total. The van der Waals surface area contributed by atoms with Crippen LogP contribution in [-0.2, 0) is 0 Å². The molecule has 4 heteroatoms. The molecule has 0 bridgehead atoms. The Balaban J connectivity index is 1.65. The van der Waals surface area contributed by atoms with Crippen molar-refractivity contribution in [1.82, 2.24) is 9.97 Å². The molecule has 0 spiro atoms. The van der Waals surface area contributed by atoms with Crippen molar-refractivity contribution in [3.8, 4) is 0 Å². The van der Waals surface area contributed by atoms with E-state index in [1.807, 2.05) is 6.07 Å². The molecule has 104 valence electrons. The first-order valence-corrected chi connectivity index (χ1v) is 7.53. The highest BCUT2D eigenvalue weighted by Gasteiger charge is 2.28. The fraction of sp³-hybridized carbons (Fsp3) is 0.733. The molecule has 0 atom stereocenters. The second kappa shape index (κ2) is 4.99. The molecule has 2 saturated carbocycles. The number of rotatable bonds is 4. The Bertz CT molecular complexity index is 447. The van der Waals surface area contributed by atoms with Gasteiger partial charge in [-0.15, -0.1) is 0 Å². The van der Waals surface area contributed by atoms with Gasteiger partial charge in [-0.1, -0.05) is 26.2 Å². The molecule has 1 aromatic heterocycles. The molecule has 1 aromatic rings. The summed E-state index contributed by atoms with van der Waals surface area (Å²) < 4.78 is 0. The van der Waals surface area contributed by atoms with E-state index in [0.717, 1.165) is 18.2 Å². The number of nitrogens with two attached hydrogens (primary N) is 1. The van der Waals surface area contributed by atoms with Gasteiger partial charge < -0.3 is 11.1 Å². The van der Waals surface area contributed by atoms with Gasteiger partial charge in [0.15, 0.2) is 0 Å². The third-order valence-electron chi connectivity index (χ3n) is 4.46. The number of nitrogen functional groups attached to an aromatic ring is 1. The maximum absolute atomic E-state index is 5.88. The van der Waals surface area contributed by atoms with Gasteiger partial charge >= 0.3 is 0 Å². The zero-order valence-corrected chi connectivity index (χ0v) is 11.8. The van der Waals surface area contributed by atoms with E-state index >= 15 is 0 Å². The molecule has 2 aliphatic carbocycles. The fourth-order valence-electron chi connectivity index (χ4n) is 2.99. The van der Waals surface area contributed by atoms with Crippen LogP contribution < -0.4 is 11.1 Å². The Kier molecular flexibility index (Phi) is 3.33. The summed E-state index contributed by atoms with van der Waals surface area (Å²) >= 11 is 0. The van der Waals surface area contributed by atoms with Crippen LogP contribution in [0.1, 0.15) is 63.6 Å². The van der Waals surface area contributed by atoms with Gasteiger partial charge in [0.25, 0.3) is 0 Å². The van der Waals surface area contributed by atoms with Gasteiger partial charge in [0, 0.05) is 18.5 Å². The van der Waals surface area contributed by atoms with E-state index in [1.54, 1.807) is 0 Å². The van der Waals surface area contributed by atoms with Crippen molar-refractivity contribution in [3.63, 3.8) is 0 Å². The van der Waals surface area contributed by atoms with Crippen molar-refractivity contribution in [2.24, 2.45) is 5.41 Å². The molecule has 0 saturated heterocycles. The first-order valence-electron chi connectivity index (χ1n) is 7.53. The molecule has 0 aromatic carbocycles. The normalized spacial score (nSPS) is 22.2. The number of nitrogens with one attached hydrogen (secondary N) is 1. The lowest BCUT2D eigenvalue weighted by Crippen LogP contribution is -2.29. The van der Waals surface area contributed by atoms with Gasteiger partial charge in [-0.3, -0.25) is 0 Å². The zero-order chi connectivity index (χ0) is 13.3. The van der Waals surface area contributed by atoms with Crippen LogP contribution in [0.4, 0.5) is 11.6 Å². The van der Waals surface area contributed by atoms with Crippen LogP contribution in [0.3, 0.4) is 0 Å². The lowest BCUT2D eigenvalue weighted by Gasteiger charge is -2.33. The summed E-state index contributed by atoms with van der Waals surface area (Å²) in [6.07, 6.45) is 9.16. The van der Waals surface area contributed by atoms with Crippen LogP contribution in [-0.4, -0.2) is 16.5 Å². The first-order chi connectivity index (χ1) is 9.15. The largest absolute Gasteiger partial charge is 0.384 e. The monoisotopic (exact) mass is 260 g/mol. The SMILES string of the molecule is CC1(CNc2cc(N)nc(C3CC3)n2)CCCCC1. The molecule has 2 fully saturated rings. The van der Waals surface area contributed by atoms with Crippen molar-refractivity contribution in [1.29, 1.82) is 0 Å². The van der Waals surface area contributed by atoms with E-state index in [1.165, 1.54) is 44.9 Å². The zero-order valence-electron chi connectivity index (χ0n) is 11.8. The van der Waals surface area contributed by atoms with Crippen LogP contribution in [0.15, 0.2) is 6.07 Å². The minimum atomic E-state index is 0.414. The first kappa shape index (κ1) is 12.7. The summed E-state index contributed by atoms with van der Waals surface area (Å²) in [5.41, 5.74) is 6.29. The summed E-state index contributed by atoms with van der Waals surface area (Å²) in [4.78, 5) is 8.94. The predicted molar refractivity (Wildman–Crippen MR) is 78.1 cm³/mol. The van der Waals surface area contributed by atoms with Crippen molar-refractivity contribution in [2.45, 2.75) is 57.8 Å². The standard InChI is InChI=1S/C15H24N4/c1-15(7-3-2-4-8-15)10-17-13-9-12(16)18-14(19-13)11-5-6-11/h9,11H,2-8,10H2,1H3,(H3,16,17,18,19).